The number of fused-ring (bicyclic) bond motifs is 1. The van der Waals surface area contributed by atoms with Gasteiger partial charge in [0.1, 0.15) is 5.00 Å². The lowest BCUT2D eigenvalue weighted by atomic mass is 10.2. The number of nitrogens with zero attached hydrogens (tertiary/aromatic N) is 2. The summed E-state index contributed by atoms with van der Waals surface area (Å²) in [7, 11) is 0.553. The highest BCUT2D eigenvalue weighted by Gasteiger charge is 2.23. The number of sulfonamides is 1. The molecule has 0 bridgehead atoms. The summed E-state index contributed by atoms with van der Waals surface area (Å²) in [5.41, 5.74) is 2.26. The summed E-state index contributed by atoms with van der Waals surface area (Å²) >= 11 is 1.38. The Hall–Kier alpha value is -1.57. The van der Waals surface area contributed by atoms with E-state index in [-0.39, 0.29) is 0 Å². The van der Waals surface area contributed by atoms with E-state index >= 15 is 0 Å². The fourth-order valence-electron chi connectivity index (χ4n) is 2.67. The number of anilines is 2. The quantitative estimate of drug-likeness (QED) is 0.869. The summed E-state index contributed by atoms with van der Waals surface area (Å²) in [6.07, 6.45) is 0.974. The molecule has 0 saturated heterocycles. The van der Waals surface area contributed by atoms with E-state index in [0.29, 0.717) is 9.90 Å². The molecule has 1 aliphatic heterocycles. The molecule has 0 amide bonds. The Kier molecular flexibility index (Phi) is 4.61. The van der Waals surface area contributed by atoms with Crippen molar-refractivity contribution in [3.63, 3.8) is 0 Å². The van der Waals surface area contributed by atoms with Gasteiger partial charge in [-0.15, -0.1) is 11.3 Å². The molecule has 7 heteroatoms. The van der Waals surface area contributed by atoms with E-state index in [9.17, 15) is 8.42 Å². The van der Waals surface area contributed by atoms with Gasteiger partial charge in [-0.05, 0) is 55.7 Å². The third-order valence-electron chi connectivity index (χ3n) is 3.93. The van der Waals surface area contributed by atoms with Crippen molar-refractivity contribution < 1.29 is 8.42 Å². The average Bonchev–Trinajstić information content (AvgIpc) is 3.13. The Bertz CT molecular complexity index is 771. The van der Waals surface area contributed by atoms with Crippen LogP contribution in [0.3, 0.4) is 0 Å². The van der Waals surface area contributed by atoms with Crippen LogP contribution in [0.4, 0.5) is 10.7 Å². The maximum atomic E-state index is 12.5. The van der Waals surface area contributed by atoms with Crippen molar-refractivity contribution in [3.8, 4) is 0 Å². The van der Waals surface area contributed by atoms with Crippen LogP contribution in [-0.4, -0.2) is 47.0 Å². The fourth-order valence-corrected chi connectivity index (χ4v) is 4.62. The zero-order valence-corrected chi connectivity index (χ0v) is 15.0. The van der Waals surface area contributed by atoms with Crippen molar-refractivity contribution in [2.45, 2.75) is 11.3 Å². The van der Waals surface area contributed by atoms with Gasteiger partial charge in [0.25, 0.3) is 10.0 Å². The summed E-state index contributed by atoms with van der Waals surface area (Å²) in [5.74, 6) is 0. The second kappa shape index (κ2) is 6.51. The number of hydrogen-bond donors (Lipinski definition) is 1. The molecule has 1 aromatic carbocycles. The van der Waals surface area contributed by atoms with Crippen LogP contribution in [0.2, 0.25) is 0 Å². The van der Waals surface area contributed by atoms with Crippen LogP contribution < -0.4 is 9.62 Å². The van der Waals surface area contributed by atoms with Crippen LogP contribution in [0, 0.1) is 0 Å². The summed E-state index contributed by atoms with van der Waals surface area (Å²) in [5, 5.41) is 2.48. The molecule has 0 aliphatic carbocycles. The Labute approximate surface area is 141 Å². The molecule has 3 rings (SSSR count). The summed E-state index contributed by atoms with van der Waals surface area (Å²) in [6.45, 7) is 2.80. The zero-order valence-electron chi connectivity index (χ0n) is 13.3. The standard InChI is InChI=1S/C16H21N3O2S2/c1-18(2)9-10-19-8-7-13-5-6-14(12-15(13)19)23(20,21)17-16-4-3-11-22-16/h3-6,11-12,17H,7-10H2,1-2H3. The van der Waals surface area contributed by atoms with Crippen molar-refractivity contribution in [1.29, 1.82) is 0 Å². The van der Waals surface area contributed by atoms with Crippen molar-refractivity contribution in [2.24, 2.45) is 0 Å². The lowest BCUT2D eigenvalue weighted by Gasteiger charge is -2.22. The lowest BCUT2D eigenvalue weighted by Crippen LogP contribution is -2.30. The molecule has 1 N–H and O–H groups in total. The van der Waals surface area contributed by atoms with Gasteiger partial charge in [-0.2, -0.15) is 0 Å². The van der Waals surface area contributed by atoms with E-state index < -0.39 is 10.0 Å². The van der Waals surface area contributed by atoms with Crippen LogP contribution in [0.15, 0.2) is 40.6 Å². The molecule has 5 nitrogen and oxygen atoms in total. The van der Waals surface area contributed by atoms with Crippen LogP contribution in [0.5, 0.6) is 0 Å². The SMILES string of the molecule is CN(C)CCN1CCc2ccc(S(=O)(=O)Nc3cccs3)cc21. The van der Waals surface area contributed by atoms with Gasteiger partial charge in [0, 0.05) is 25.3 Å². The molecule has 1 aromatic heterocycles. The van der Waals surface area contributed by atoms with Crippen LogP contribution in [0.25, 0.3) is 0 Å². The highest BCUT2D eigenvalue weighted by Crippen LogP contribution is 2.31. The predicted octanol–water partition coefficient (Wildman–Crippen LogP) is 2.47. The minimum atomic E-state index is -3.54. The van der Waals surface area contributed by atoms with Crippen molar-refractivity contribution >= 4 is 32.0 Å². The van der Waals surface area contributed by atoms with E-state index in [4.69, 9.17) is 0 Å². The summed E-state index contributed by atoms with van der Waals surface area (Å²) in [6, 6.07) is 9.03. The van der Waals surface area contributed by atoms with Crippen LogP contribution in [-0.2, 0) is 16.4 Å². The largest absolute Gasteiger partial charge is 0.370 e. The Balaban J connectivity index is 1.84. The van der Waals surface area contributed by atoms with Crippen molar-refractivity contribution in [3.05, 3.63) is 41.3 Å². The molecule has 124 valence electrons. The molecule has 0 fully saturated rings. The highest BCUT2D eigenvalue weighted by molar-refractivity contribution is 7.93. The van der Waals surface area contributed by atoms with Gasteiger partial charge in [-0.1, -0.05) is 6.07 Å². The van der Waals surface area contributed by atoms with Gasteiger partial charge < -0.3 is 9.80 Å². The molecule has 0 radical (unpaired) electrons. The number of benzene rings is 1. The van der Waals surface area contributed by atoms with Crippen LogP contribution in [0.1, 0.15) is 5.56 Å². The van der Waals surface area contributed by atoms with Gasteiger partial charge >= 0.3 is 0 Å². The molecule has 2 aromatic rings. The first-order chi connectivity index (χ1) is 11.0. The Morgan fingerprint density at radius 2 is 2.13 bits per heavy atom. The predicted molar refractivity (Wildman–Crippen MR) is 96.0 cm³/mol. The number of thiophene rings is 1. The normalized spacial score (nSPS) is 14.3. The molecule has 0 unspecified atom stereocenters. The first-order valence-corrected chi connectivity index (χ1v) is 9.91. The van der Waals surface area contributed by atoms with Gasteiger partial charge in [-0.25, -0.2) is 8.42 Å². The van der Waals surface area contributed by atoms with E-state index in [1.165, 1.54) is 16.9 Å². The summed E-state index contributed by atoms with van der Waals surface area (Å²) in [4.78, 5) is 4.72. The molecule has 0 atom stereocenters. The van der Waals surface area contributed by atoms with Gasteiger partial charge in [0.15, 0.2) is 0 Å². The average molecular weight is 351 g/mol. The highest BCUT2D eigenvalue weighted by atomic mass is 32.2. The molecular weight excluding hydrogens is 330 g/mol. The van der Waals surface area contributed by atoms with Gasteiger partial charge in [0.2, 0.25) is 0 Å². The third-order valence-corrected chi connectivity index (χ3v) is 6.21. The second-order valence-corrected chi connectivity index (χ2v) is 8.54. The minimum Gasteiger partial charge on any atom is -0.370 e. The zero-order chi connectivity index (χ0) is 16.4. The maximum Gasteiger partial charge on any atom is 0.262 e. The van der Waals surface area contributed by atoms with E-state index in [1.807, 2.05) is 31.6 Å². The molecule has 0 saturated carbocycles. The summed E-state index contributed by atoms with van der Waals surface area (Å²) < 4.78 is 27.7. The fraction of sp³-hybridized carbons (Fsp3) is 0.375. The van der Waals surface area contributed by atoms with Crippen LogP contribution >= 0.6 is 11.3 Å². The van der Waals surface area contributed by atoms with Crippen molar-refractivity contribution in [1.82, 2.24) is 4.90 Å². The van der Waals surface area contributed by atoms with Crippen molar-refractivity contribution in [2.75, 3.05) is 43.4 Å². The lowest BCUT2D eigenvalue weighted by molar-refractivity contribution is 0.414. The first-order valence-electron chi connectivity index (χ1n) is 7.55. The van der Waals surface area contributed by atoms with Gasteiger partial charge in [0.05, 0.1) is 4.90 Å². The van der Waals surface area contributed by atoms with E-state index in [1.54, 1.807) is 18.2 Å². The first kappa shape index (κ1) is 16.3. The number of likely N-dealkylation sites (N-methyl/N-ethyl adjacent to an activating group) is 1. The third kappa shape index (κ3) is 3.68. The second-order valence-electron chi connectivity index (χ2n) is 5.91. The van der Waals surface area contributed by atoms with Gasteiger partial charge in [-0.3, -0.25) is 4.72 Å². The molecule has 1 aliphatic rings. The molecule has 23 heavy (non-hydrogen) atoms. The minimum absolute atomic E-state index is 0.321. The van der Waals surface area contributed by atoms with E-state index in [0.717, 1.165) is 31.7 Å². The Morgan fingerprint density at radius 1 is 1.30 bits per heavy atom. The number of rotatable bonds is 6. The Morgan fingerprint density at radius 3 is 2.83 bits per heavy atom. The number of hydrogen-bond acceptors (Lipinski definition) is 5. The topological polar surface area (TPSA) is 52.7 Å². The molecule has 2 heterocycles. The molecule has 0 spiro atoms. The maximum absolute atomic E-state index is 12.5. The number of nitrogens with one attached hydrogen (secondary N) is 1. The monoisotopic (exact) mass is 351 g/mol. The van der Waals surface area contributed by atoms with E-state index in [2.05, 4.69) is 14.5 Å². The molecular formula is C16H21N3O2S2. The smallest absolute Gasteiger partial charge is 0.262 e.